The average Bonchev–Trinajstić information content (AvgIpc) is 2.41. The summed E-state index contributed by atoms with van der Waals surface area (Å²) in [5.74, 6) is -4.96. The van der Waals surface area contributed by atoms with Crippen molar-refractivity contribution in [3.8, 4) is 0 Å². The highest BCUT2D eigenvalue weighted by molar-refractivity contribution is 6.04. The lowest BCUT2D eigenvalue weighted by molar-refractivity contribution is -0.387. The summed E-state index contributed by atoms with van der Waals surface area (Å²) in [5, 5.41) is 12.6. The molecule has 0 spiro atoms. The number of nitro groups is 1. The number of pyridine rings is 1. The molecule has 0 aliphatic carbocycles. The second kappa shape index (κ2) is 5.57. The van der Waals surface area contributed by atoms with E-state index in [1.807, 2.05) is 5.32 Å². The predicted octanol–water partition coefficient (Wildman–Crippen LogP) is 2.66. The molecule has 21 heavy (non-hydrogen) atoms. The highest BCUT2D eigenvalue weighted by atomic mass is 19.1. The Morgan fingerprint density at radius 3 is 2.48 bits per heavy atom. The van der Waals surface area contributed by atoms with Gasteiger partial charge in [0.05, 0.1) is 11.1 Å². The molecule has 1 heterocycles. The minimum absolute atomic E-state index is 0.160. The zero-order valence-corrected chi connectivity index (χ0v) is 10.1. The molecular formula is C12H6F3N3O3. The third-order valence-corrected chi connectivity index (χ3v) is 2.46. The van der Waals surface area contributed by atoms with E-state index < -0.39 is 39.5 Å². The quantitative estimate of drug-likeness (QED) is 0.697. The monoisotopic (exact) mass is 297 g/mol. The van der Waals surface area contributed by atoms with Gasteiger partial charge in [-0.2, -0.15) is 4.39 Å². The molecular weight excluding hydrogens is 291 g/mol. The van der Waals surface area contributed by atoms with E-state index in [1.54, 1.807) is 0 Å². The van der Waals surface area contributed by atoms with E-state index in [2.05, 4.69) is 4.98 Å². The fourth-order valence-electron chi connectivity index (χ4n) is 1.52. The lowest BCUT2D eigenvalue weighted by atomic mass is 10.1. The Labute approximate surface area is 115 Å². The van der Waals surface area contributed by atoms with Crippen molar-refractivity contribution in [2.24, 2.45) is 0 Å². The number of rotatable bonds is 3. The highest BCUT2D eigenvalue weighted by Crippen LogP contribution is 2.23. The SMILES string of the molecule is O=C(Nc1ccc(F)cn1)c1c(F)ccc([N+](=O)[O-])c1F. The molecule has 0 aliphatic rings. The molecule has 2 aromatic rings. The fourth-order valence-corrected chi connectivity index (χ4v) is 1.52. The van der Waals surface area contributed by atoms with Crippen LogP contribution in [0.2, 0.25) is 0 Å². The van der Waals surface area contributed by atoms with Gasteiger partial charge < -0.3 is 5.32 Å². The molecule has 0 fully saturated rings. The highest BCUT2D eigenvalue weighted by Gasteiger charge is 2.26. The molecule has 0 radical (unpaired) electrons. The molecule has 0 atom stereocenters. The summed E-state index contributed by atoms with van der Waals surface area (Å²) in [6.45, 7) is 0. The second-order valence-corrected chi connectivity index (χ2v) is 3.83. The van der Waals surface area contributed by atoms with Crippen molar-refractivity contribution < 1.29 is 22.9 Å². The Morgan fingerprint density at radius 1 is 1.19 bits per heavy atom. The number of anilines is 1. The van der Waals surface area contributed by atoms with Gasteiger partial charge in [-0.1, -0.05) is 0 Å². The molecule has 0 unspecified atom stereocenters. The number of carbonyl (C=O) groups is 1. The van der Waals surface area contributed by atoms with Crippen molar-refractivity contribution in [3.05, 3.63) is 63.6 Å². The molecule has 2 rings (SSSR count). The number of hydrogen-bond acceptors (Lipinski definition) is 4. The Kier molecular flexibility index (Phi) is 3.83. The van der Waals surface area contributed by atoms with E-state index in [9.17, 15) is 28.1 Å². The number of hydrogen-bond donors (Lipinski definition) is 1. The maximum Gasteiger partial charge on any atom is 0.305 e. The van der Waals surface area contributed by atoms with Crippen LogP contribution in [0.15, 0.2) is 30.5 Å². The molecule has 6 nitrogen and oxygen atoms in total. The summed E-state index contributed by atoms with van der Waals surface area (Å²) in [4.78, 5) is 24.7. The predicted molar refractivity (Wildman–Crippen MR) is 65.2 cm³/mol. The third kappa shape index (κ3) is 2.96. The molecule has 9 heteroatoms. The second-order valence-electron chi connectivity index (χ2n) is 3.83. The molecule has 0 aliphatic heterocycles. The minimum Gasteiger partial charge on any atom is -0.306 e. The van der Waals surface area contributed by atoms with E-state index in [0.29, 0.717) is 12.1 Å². The standard InChI is InChI=1S/C12H6F3N3O3/c13-6-1-4-9(16-5-6)17-12(19)10-7(14)2-3-8(11(10)15)18(20)21/h1-5H,(H,16,17,19). The van der Waals surface area contributed by atoms with Gasteiger partial charge in [-0.05, 0) is 18.2 Å². The van der Waals surface area contributed by atoms with Gasteiger partial charge >= 0.3 is 5.69 Å². The first-order valence-corrected chi connectivity index (χ1v) is 5.45. The van der Waals surface area contributed by atoms with E-state index in [-0.39, 0.29) is 5.82 Å². The van der Waals surface area contributed by atoms with Crippen LogP contribution >= 0.6 is 0 Å². The molecule has 108 valence electrons. The zero-order valence-electron chi connectivity index (χ0n) is 10.1. The molecule has 1 aromatic carbocycles. The lowest BCUT2D eigenvalue weighted by Crippen LogP contribution is -2.17. The Hall–Kier alpha value is -2.97. The average molecular weight is 297 g/mol. The molecule has 0 saturated heterocycles. The van der Waals surface area contributed by atoms with Gasteiger partial charge in [0.25, 0.3) is 5.91 Å². The van der Waals surface area contributed by atoms with Crippen molar-refractivity contribution in [2.45, 2.75) is 0 Å². The summed E-state index contributed by atoms with van der Waals surface area (Å²) in [7, 11) is 0. The van der Waals surface area contributed by atoms with Crippen molar-refractivity contribution in [1.29, 1.82) is 0 Å². The first-order chi connectivity index (χ1) is 9.90. The molecule has 1 amide bonds. The van der Waals surface area contributed by atoms with Gasteiger partial charge in [-0.15, -0.1) is 0 Å². The van der Waals surface area contributed by atoms with Gasteiger partial charge in [0, 0.05) is 6.07 Å². The third-order valence-electron chi connectivity index (χ3n) is 2.46. The van der Waals surface area contributed by atoms with Crippen molar-refractivity contribution >= 4 is 17.4 Å². The number of amides is 1. The van der Waals surface area contributed by atoms with Gasteiger partial charge in [0.2, 0.25) is 5.82 Å². The summed E-state index contributed by atoms with van der Waals surface area (Å²) >= 11 is 0. The Morgan fingerprint density at radius 2 is 1.90 bits per heavy atom. The largest absolute Gasteiger partial charge is 0.306 e. The zero-order chi connectivity index (χ0) is 15.6. The van der Waals surface area contributed by atoms with Crippen LogP contribution in [0.5, 0.6) is 0 Å². The van der Waals surface area contributed by atoms with Crippen LogP contribution in [-0.4, -0.2) is 15.8 Å². The number of halogens is 3. The number of aromatic nitrogens is 1. The van der Waals surface area contributed by atoms with Crippen LogP contribution in [0, 0.1) is 27.6 Å². The van der Waals surface area contributed by atoms with Crippen LogP contribution in [0.1, 0.15) is 10.4 Å². The molecule has 1 aromatic heterocycles. The maximum atomic E-state index is 13.8. The van der Waals surface area contributed by atoms with Gasteiger partial charge in [0.15, 0.2) is 0 Å². The molecule has 0 bridgehead atoms. The summed E-state index contributed by atoms with van der Waals surface area (Å²) in [6, 6.07) is 3.26. The first-order valence-electron chi connectivity index (χ1n) is 5.45. The number of benzene rings is 1. The Bertz CT molecular complexity index is 720. The topological polar surface area (TPSA) is 85.1 Å². The molecule has 1 N–H and O–H groups in total. The van der Waals surface area contributed by atoms with Crippen LogP contribution in [-0.2, 0) is 0 Å². The van der Waals surface area contributed by atoms with E-state index in [0.717, 1.165) is 18.3 Å². The van der Waals surface area contributed by atoms with E-state index in [4.69, 9.17) is 0 Å². The van der Waals surface area contributed by atoms with Crippen LogP contribution in [0.4, 0.5) is 24.7 Å². The maximum absolute atomic E-state index is 13.8. The Balaban J connectivity index is 2.37. The van der Waals surface area contributed by atoms with Crippen molar-refractivity contribution in [1.82, 2.24) is 4.98 Å². The van der Waals surface area contributed by atoms with E-state index in [1.165, 1.54) is 0 Å². The van der Waals surface area contributed by atoms with Gasteiger partial charge in [-0.25, -0.2) is 13.8 Å². The summed E-state index contributed by atoms with van der Waals surface area (Å²) in [5.41, 5.74) is -2.15. The smallest absolute Gasteiger partial charge is 0.305 e. The van der Waals surface area contributed by atoms with E-state index >= 15 is 0 Å². The first kappa shape index (κ1) is 14.4. The summed E-state index contributed by atoms with van der Waals surface area (Å²) < 4.78 is 39.9. The van der Waals surface area contributed by atoms with Crippen molar-refractivity contribution in [2.75, 3.05) is 5.32 Å². The fraction of sp³-hybridized carbons (Fsp3) is 0. The number of nitro benzene ring substituents is 1. The van der Waals surface area contributed by atoms with Gasteiger partial charge in [0.1, 0.15) is 23.0 Å². The van der Waals surface area contributed by atoms with Gasteiger partial charge in [-0.3, -0.25) is 14.9 Å². The lowest BCUT2D eigenvalue weighted by Gasteiger charge is -2.06. The van der Waals surface area contributed by atoms with Crippen molar-refractivity contribution in [3.63, 3.8) is 0 Å². The van der Waals surface area contributed by atoms with Crippen LogP contribution in [0.3, 0.4) is 0 Å². The van der Waals surface area contributed by atoms with Crippen LogP contribution in [0.25, 0.3) is 0 Å². The van der Waals surface area contributed by atoms with Crippen LogP contribution < -0.4 is 5.32 Å². The number of nitrogens with one attached hydrogen (secondary N) is 1. The summed E-state index contributed by atoms with van der Waals surface area (Å²) in [6.07, 6.45) is 0.787. The number of carbonyl (C=O) groups excluding carboxylic acids is 1. The number of nitrogens with zero attached hydrogens (tertiary/aromatic N) is 2. The molecule has 0 saturated carbocycles. The minimum atomic E-state index is -1.60. The normalized spacial score (nSPS) is 10.2.